The average Bonchev–Trinajstić information content (AvgIpc) is 2.46. The summed E-state index contributed by atoms with van der Waals surface area (Å²) in [6.07, 6.45) is 3.34. The molecule has 0 spiro atoms. The van der Waals surface area contributed by atoms with Gasteiger partial charge in [0.05, 0.1) is 12.6 Å². The number of hydrogen-bond acceptors (Lipinski definition) is 4. The van der Waals surface area contributed by atoms with Crippen molar-refractivity contribution in [3.63, 3.8) is 0 Å². The Kier molecular flexibility index (Phi) is 4.94. The van der Waals surface area contributed by atoms with Crippen LogP contribution < -0.4 is 9.47 Å². The Balaban J connectivity index is 1.73. The normalized spacial score (nSPS) is 10.0. The third kappa shape index (κ3) is 4.61. The van der Waals surface area contributed by atoms with Crippen LogP contribution in [0.3, 0.4) is 0 Å². The minimum absolute atomic E-state index is 0.0183. The number of rotatable bonds is 7. The first kappa shape index (κ1) is 13.9. The van der Waals surface area contributed by atoms with E-state index in [1.54, 1.807) is 42.7 Å². The number of pyridine rings is 1. The fourth-order valence-corrected chi connectivity index (χ4v) is 1.63. The predicted molar refractivity (Wildman–Crippen MR) is 73.0 cm³/mol. The molecule has 0 saturated heterocycles. The zero-order chi connectivity index (χ0) is 14.2. The van der Waals surface area contributed by atoms with Crippen LogP contribution in [0.25, 0.3) is 0 Å². The topological polar surface area (TPSA) is 68.7 Å². The van der Waals surface area contributed by atoms with E-state index < -0.39 is 5.97 Å². The molecule has 104 valence electrons. The van der Waals surface area contributed by atoms with Crippen LogP contribution in [-0.4, -0.2) is 29.3 Å². The lowest BCUT2D eigenvalue weighted by Crippen LogP contribution is -2.09. The van der Waals surface area contributed by atoms with Crippen molar-refractivity contribution in [2.75, 3.05) is 13.2 Å². The zero-order valence-corrected chi connectivity index (χ0v) is 10.9. The van der Waals surface area contributed by atoms with E-state index in [1.165, 1.54) is 0 Å². The molecule has 0 saturated carbocycles. The van der Waals surface area contributed by atoms with E-state index in [0.29, 0.717) is 24.7 Å². The first-order valence-corrected chi connectivity index (χ1v) is 6.20. The van der Waals surface area contributed by atoms with Crippen LogP contribution in [0, 0.1) is 0 Å². The van der Waals surface area contributed by atoms with Gasteiger partial charge in [0.2, 0.25) is 0 Å². The number of carboxylic acids is 1. The number of ether oxygens (including phenoxy) is 2. The van der Waals surface area contributed by atoms with E-state index in [1.807, 2.05) is 6.07 Å². The summed E-state index contributed by atoms with van der Waals surface area (Å²) in [6, 6.07) is 10.6. The van der Waals surface area contributed by atoms with Gasteiger partial charge >= 0.3 is 5.97 Å². The summed E-state index contributed by atoms with van der Waals surface area (Å²) in [5, 5.41) is 8.66. The number of carboxylic acid groups (broad SMARTS) is 1. The van der Waals surface area contributed by atoms with Gasteiger partial charge in [-0.15, -0.1) is 0 Å². The fraction of sp³-hybridized carbons (Fsp3) is 0.200. The monoisotopic (exact) mass is 273 g/mol. The summed E-state index contributed by atoms with van der Waals surface area (Å²) in [6.45, 7) is 0.829. The van der Waals surface area contributed by atoms with Gasteiger partial charge in [0.1, 0.15) is 24.7 Å². The first-order chi connectivity index (χ1) is 9.74. The van der Waals surface area contributed by atoms with E-state index in [-0.39, 0.29) is 6.42 Å². The lowest BCUT2D eigenvalue weighted by atomic mass is 10.1. The minimum Gasteiger partial charge on any atom is -0.490 e. The summed E-state index contributed by atoms with van der Waals surface area (Å²) < 4.78 is 10.9. The smallest absolute Gasteiger partial charge is 0.307 e. The predicted octanol–water partition coefficient (Wildman–Crippen LogP) is 2.17. The van der Waals surface area contributed by atoms with E-state index in [9.17, 15) is 4.79 Å². The number of aliphatic carboxylic acids is 1. The third-order valence-electron chi connectivity index (χ3n) is 2.53. The van der Waals surface area contributed by atoms with Crippen molar-refractivity contribution in [3.05, 3.63) is 54.4 Å². The number of benzene rings is 1. The maximum Gasteiger partial charge on any atom is 0.307 e. The highest BCUT2D eigenvalue weighted by atomic mass is 16.5. The fourth-order valence-electron chi connectivity index (χ4n) is 1.63. The van der Waals surface area contributed by atoms with E-state index in [2.05, 4.69) is 4.98 Å². The zero-order valence-electron chi connectivity index (χ0n) is 10.9. The van der Waals surface area contributed by atoms with Crippen LogP contribution in [0.2, 0.25) is 0 Å². The molecule has 1 N–H and O–H groups in total. The van der Waals surface area contributed by atoms with Crippen LogP contribution in [0.15, 0.2) is 48.8 Å². The Bertz CT molecular complexity index is 540. The number of carbonyl (C=O) groups is 1. The second-order valence-electron chi connectivity index (χ2n) is 4.10. The molecule has 2 rings (SSSR count). The van der Waals surface area contributed by atoms with E-state index in [4.69, 9.17) is 14.6 Å². The van der Waals surface area contributed by atoms with Gasteiger partial charge in [-0.2, -0.15) is 0 Å². The number of nitrogens with zero attached hydrogens (tertiary/aromatic N) is 1. The molecular weight excluding hydrogens is 258 g/mol. The highest BCUT2D eigenvalue weighted by molar-refractivity contribution is 5.70. The van der Waals surface area contributed by atoms with Crippen LogP contribution in [0.5, 0.6) is 11.5 Å². The van der Waals surface area contributed by atoms with Gasteiger partial charge in [0.25, 0.3) is 0 Å². The van der Waals surface area contributed by atoms with Gasteiger partial charge in [-0.3, -0.25) is 9.78 Å². The Morgan fingerprint density at radius 3 is 2.35 bits per heavy atom. The molecule has 0 aliphatic rings. The molecule has 0 amide bonds. The number of aromatic nitrogens is 1. The van der Waals surface area contributed by atoms with Gasteiger partial charge in [-0.05, 0) is 29.8 Å². The summed E-state index contributed by atoms with van der Waals surface area (Å²) in [7, 11) is 0. The van der Waals surface area contributed by atoms with Crippen molar-refractivity contribution in [3.8, 4) is 11.5 Å². The molecule has 5 nitrogen and oxygen atoms in total. The Labute approximate surface area is 116 Å². The van der Waals surface area contributed by atoms with E-state index in [0.717, 1.165) is 5.56 Å². The molecular formula is C15H15NO4. The van der Waals surface area contributed by atoms with Gasteiger partial charge < -0.3 is 14.6 Å². The third-order valence-corrected chi connectivity index (χ3v) is 2.53. The standard InChI is InChI=1S/C15H15NO4/c17-15(18)10-12-3-5-13(6-4-12)19-8-9-20-14-2-1-7-16-11-14/h1-7,11H,8-10H2,(H,17,18). The molecule has 20 heavy (non-hydrogen) atoms. The maximum atomic E-state index is 10.5. The van der Waals surface area contributed by atoms with Gasteiger partial charge in [0.15, 0.2) is 0 Å². The van der Waals surface area contributed by atoms with Crippen molar-refractivity contribution < 1.29 is 19.4 Å². The molecule has 0 radical (unpaired) electrons. The molecule has 0 unspecified atom stereocenters. The summed E-state index contributed by atoms with van der Waals surface area (Å²) in [4.78, 5) is 14.5. The highest BCUT2D eigenvalue weighted by Crippen LogP contribution is 2.13. The van der Waals surface area contributed by atoms with Crippen molar-refractivity contribution in [1.82, 2.24) is 4.98 Å². The summed E-state index contributed by atoms with van der Waals surface area (Å²) >= 11 is 0. The minimum atomic E-state index is -0.844. The molecule has 1 heterocycles. The second kappa shape index (κ2) is 7.13. The second-order valence-corrected chi connectivity index (χ2v) is 4.10. The Morgan fingerprint density at radius 1 is 1.05 bits per heavy atom. The molecule has 5 heteroatoms. The van der Waals surface area contributed by atoms with Gasteiger partial charge in [0, 0.05) is 6.20 Å². The van der Waals surface area contributed by atoms with Gasteiger partial charge in [-0.25, -0.2) is 0 Å². The molecule has 1 aromatic carbocycles. The van der Waals surface area contributed by atoms with Crippen LogP contribution in [-0.2, 0) is 11.2 Å². The summed E-state index contributed by atoms with van der Waals surface area (Å²) in [5.74, 6) is 0.547. The highest BCUT2D eigenvalue weighted by Gasteiger charge is 2.01. The lowest BCUT2D eigenvalue weighted by molar-refractivity contribution is -0.136. The van der Waals surface area contributed by atoms with E-state index >= 15 is 0 Å². The Hall–Kier alpha value is -2.56. The quantitative estimate of drug-likeness (QED) is 0.783. The largest absolute Gasteiger partial charge is 0.490 e. The molecule has 2 aromatic rings. The summed E-state index contributed by atoms with van der Waals surface area (Å²) in [5.41, 5.74) is 0.747. The molecule has 0 bridgehead atoms. The number of hydrogen-bond donors (Lipinski definition) is 1. The Morgan fingerprint density at radius 2 is 1.75 bits per heavy atom. The first-order valence-electron chi connectivity index (χ1n) is 6.20. The van der Waals surface area contributed by atoms with Crippen molar-refractivity contribution in [2.45, 2.75) is 6.42 Å². The van der Waals surface area contributed by atoms with Gasteiger partial charge in [-0.1, -0.05) is 12.1 Å². The SMILES string of the molecule is O=C(O)Cc1ccc(OCCOc2cccnc2)cc1. The molecule has 0 fully saturated rings. The maximum absolute atomic E-state index is 10.5. The molecule has 0 atom stereocenters. The van der Waals surface area contributed by atoms with Crippen molar-refractivity contribution in [2.24, 2.45) is 0 Å². The molecule has 0 aliphatic heterocycles. The molecule has 1 aromatic heterocycles. The van der Waals surface area contributed by atoms with Crippen molar-refractivity contribution in [1.29, 1.82) is 0 Å². The van der Waals surface area contributed by atoms with Crippen LogP contribution >= 0.6 is 0 Å². The van der Waals surface area contributed by atoms with Crippen molar-refractivity contribution >= 4 is 5.97 Å². The lowest BCUT2D eigenvalue weighted by Gasteiger charge is -2.08. The molecule has 0 aliphatic carbocycles. The van der Waals surface area contributed by atoms with Crippen LogP contribution in [0.4, 0.5) is 0 Å². The average molecular weight is 273 g/mol. The van der Waals surface area contributed by atoms with Crippen LogP contribution in [0.1, 0.15) is 5.56 Å².